The van der Waals surface area contributed by atoms with E-state index in [4.69, 9.17) is 0 Å². The number of aryl methyl sites for hydroxylation is 2. The molecule has 5 rings (SSSR count). The maximum Gasteiger partial charge on any atom is 0.229 e. The van der Waals surface area contributed by atoms with Gasteiger partial charge in [0.25, 0.3) is 0 Å². The molecule has 0 spiro atoms. The van der Waals surface area contributed by atoms with E-state index in [-0.39, 0.29) is 0 Å². The largest absolute Gasteiger partial charge is 0.366 e. The summed E-state index contributed by atoms with van der Waals surface area (Å²) in [7, 11) is 0. The van der Waals surface area contributed by atoms with Crippen molar-refractivity contribution in [3.05, 3.63) is 71.8 Å². The van der Waals surface area contributed by atoms with E-state index >= 15 is 0 Å². The Bertz CT molecular complexity index is 1320. The van der Waals surface area contributed by atoms with E-state index in [1.165, 1.54) is 0 Å². The Morgan fingerprint density at radius 3 is 2.79 bits per heavy atom. The minimum atomic E-state index is 0.570. The highest BCUT2D eigenvalue weighted by Gasteiger charge is 2.07. The van der Waals surface area contributed by atoms with Crippen LogP contribution in [0.3, 0.4) is 0 Å². The second kappa shape index (κ2) is 6.94. The highest BCUT2D eigenvalue weighted by atomic mass is 15.1. The number of benzene rings is 2. The lowest BCUT2D eigenvalue weighted by Crippen LogP contribution is -2.05. The highest BCUT2D eigenvalue weighted by molar-refractivity contribution is 5.93. The molecule has 0 bridgehead atoms. The molecule has 2 aromatic carbocycles. The molecule has 144 valence electrons. The average molecular weight is 383 g/mol. The fraction of sp³-hybridized carbons (Fsp3) is 0.136. The summed E-state index contributed by atoms with van der Waals surface area (Å²) in [4.78, 5) is 20.1. The number of hydrogen-bond donors (Lipinski definition) is 4. The molecule has 0 fully saturated rings. The number of H-pyrrole nitrogens is 2. The lowest BCUT2D eigenvalue weighted by atomic mass is 10.2. The lowest BCUT2D eigenvalue weighted by Gasteiger charge is -2.11. The molecule has 4 N–H and O–H groups in total. The van der Waals surface area contributed by atoms with Crippen molar-refractivity contribution in [3.8, 4) is 0 Å². The van der Waals surface area contributed by atoms with Gasteiger partial charge in [0.15, 0.2) is 0 Å². The molecule has 5 aromatic rings. The summed E-state index contributed by atoms with van der Waals surface area (Å²) in [5, 5.41) is 7.85. The molecule has 0 atom stereocenters. The monoisotopic (exact) mass is 383 g/mol. The molecule has 0 unspecified atom stereocenters. The molecule has 29 heavy (non-hydrogen) atoms. The molecule has 3 heterocycles. The number of nitrogens with zero attached hydrogens (tertiary/aromatic N) is 3. The topological polar surface area (TPSA) is 94.3 Å². The summed E-state index contributed by atoms with van der Waals surface area (Å²) in [5.41, 5.74) is 6.12. The molecule has 0 amide bonds. The second-order valence-corrected chi connectivity index (χ2v) is 7.11. The molecule has 0 saturated heterocycles. The second-order valence-electron chi connectivity index (χ2n) is 7.11. The number of aromatic nitrogens is 5. The van der Waals surface area contributed by atoms with Gasteiger partial charge in [0.05, 0.1) is 16.7 Å². The molecule has 0 aliphatic rings. The summed E-state index contributed by atoms with van der Waals surface area (Å²) in [6.45, 7) is 4.59. The maximum absolute atomic E-state index is 4.64. The van der Waals surface area contributed by atoms with E-state index in [9.17, 15) is 0 Å². The fourth-order valence-corrected chi connectivity index (χ4v) is 3.52. The minimum absolute atomic E-state index is 0.570. The lowest BCUT2D eigenvalue weighted by molar-refractivity contribution is 1.06. The van der Waals surface area contributed by atoms with Crippen LogP contribution in [0.4, 0.5) is 17.5 Å². The van der Waals surface area contributed by atoms with Gasteiger partial charge in [-0.3, -0.25) is 0 Å². The van der Waals surface area contributed by atoms with Crippen LogP contribution in [0.5, 0.6) is 0 Å². The Balaban J connectivity index is 1.36. The summed E-state index contributed by atoms with van der Waals surface area (Å²) in [6, 6.07) is 16.3. The summed E-state index contributed by atoms with van der Waals surface area (Å²) < 4.78 is 0. The van der Waals surface area contributed by atoms with E-state index < -0.39 is 0 Å². The van der Waals surface area contributed by atoms with Crippen LogP contribution < -0.4 is 10.6 Å². The van der Waals surface area contributed by atoms with Gasteiger partial charge in [-0.05, 0) is 49.7 Å². The molecule has 0 aliphatic heterocycles. The Labute approximate surface area is 167 Å². The zero-order chi connectivity index (χ0) is 19.8. The highest BCUT2D eigenvalue weighted by Crippen LogP contribution is 2.25. The number of rotatable bonds is 5. The van der Waals surface area contributed by atoms with Crippen molar-refractivity contribution >= 4 is 39.4 Å². The van der Waals surface area contributed by atoms with Crippen molar-refractivity contribution in [2.45, 2.75) is 20.4 Å². The van der Waals surface area contributed by atoms with Crippen LogP contribution >= 0.6 is 0 Å². The normalized spacial score (nSPS) is 11.2. The summed E-state index contributed by atoms with van der Waals surface area (Å²) in [5.74, 6) is 2.27. The Kier molecular flexibility index (Phi) is 4.13. The molecule has 0 saturated carbocycles. The van der Waals surface area contributed by atoms with Gasteiger partial charge in [0, 0.05) is 35.4 Å². The molecular formula is C22H21N7. The van der Waals surface area contributed by atoms with Gasteiger partial charge in [0.2, 0.25) is 5.95 Å². The predicted octanol–water partition coefficient (Wildman–Crippen LogP) is 4.81. The Morgan fingerprint density at radius 2 is 1.86 bits per heavy atom. The number of nitrogens with one attached hydrogen (secondary N) is 4. The van der Waals surface area contributed by atoms with Gasteiger partial charge in [-0.15, -0.1) is 0 Å². The van der Waals surface area contributed by atoms with Crippen molar-refractivity contribution in [3.63, 3.8) is 0 Å². The molecule has 0 aliphatic carbocycles. The number of hydrogen-bond acceptors (Lipinski definition) is 5. The third-order valence-corrected chi connectivity index (χ3v) is 4.83. The zero-order valence-electron chi connectivity index (χ0n) is 16.2. The molecule has 3 aromatic heterocycles. The van der Waals surface area contributed by atoms with Gasteiger partial charge in [-0.2, -0.15) is 4.98 Å². The van der Waals surface area contributed by atoms with Crippen LogP contribution in [0, 0.1) is 13.8 Å². The third-order valence-electron chi connectivity index (χ3n) is 4.83. The van der Waals surface area contributed by atoms with Gasteiger partial charge in [-0.1, -0.05) is 12.1 Å². The zero-order valence-corrected chi connectivity index (χ0v) is 16.2. The molecule has 0 radical (unpaired) electrons. The quantitative estimate of drug-likeness (QED) is 0.349. The van der Waals surface area contributed by atoms with Crippen LogP contribution in [0.2, 0.25) is 0 Å². The van der Waals surface area contributed by atoms with Crippen molar-refractivity contribution in [2.75, 3.05) is 10.6 Å². The van der Waals surface area contributed by atoms with E-state index in [0.717, 1.165) is 50.5 Å². The first-order valence-electron chi connectivity index (χ1n) is 9.52. The molecule has 7 nitrogen and oxygen atoms in total. The van der Waals surface area contributed by atoms with Crippen molar-refractivity contribution < 1.29 is 0 Å². The molecule has 7 heteroatoms. The number of fused-ring (bicyclic) bond motifs is 2. The summed E-state index contributed by atoms with van der Waals surface area (Å²) in [6.07, 6.45) is 1.93. The number of aromatic amines is 2. The number of imidazole rings is 1. The van der Waals surface area contributed by atoms with Crippen LogP contribution in [-0.4, -0.2) is 24.9 Å². The van der Waals surface area contributed by atoms with Crippen LogP contribution in [0.15, 0.2) is 54.7 Å². The van der Waals surface area contributed by atoms with Crippen LogP contribution in [0.1, 0.15) is 17.1 Å². The van der Waals surface area contributed by atoms with Gasteiger partial charge >= 0.3 is 0 Å². The standard InChI is InChI=1S/C22H21N7/c1-13-10-21(24-12-15-6-7-19-20(11-15)27-14(2)26-19)29-22(25-13)28-18-5-3-4-17-16(18)8-9-23-17/h3-11,23H,12H2,1-2H3,(H,26,27)(H2,24,25,28,29). The first-order valence-corrected chi connectivity index (χ1v) is 9.52. The smallest absolute Gasteiger partial charge is 0.229 e. The SMILES string of the molecule is Cc1cc(NCc2ccc3nc(C)[nH]c3c2)nc(Nc2cccc3[nH]ccc23)n1. The van der Waals surface area contributed by atoms with Crippen molar-refractivity contribution in [2.24, 2.45) is 0 Å². The van der Waals surface area contributed by atoms with E-state index in [1.54, 1.807) is 0 Å². The summed E-state index contributed by atoms with van der Waals surface area (Å²) >= 11 is 0. The Hall–Kier alpha value is -3.87. The van der Waals surface area contributed by atoms with Gasteiger partial charge in [0.1, 0.15) is 11.6 Å². The number of anilines is 3. The van der Waals surface area contributed by atoms with Gasteiger partial charge < -0.3 is 20.6 Å². The maximum atomic E-state index is 4.64. The van der Waals surface area contributed by atoms with E-state index in [1.807, 2.05) is 56.4 Å². The van der Waals surface area contributed by atoms with Gasteiger partial charge in [-0.25, -0.2) is 9.97 Å². The predicted molar refractivity (Wildman–Crippen MR) is 117 cm³/mol. The van der Waals surface area contributed by atoms with E-state index in [0.29, 0.717) is 12.5 Å². The fourth-order valence-electron chi connectivity index (χ4n) is 3.52. The van der Waals surface area contributed by atoms with E-state index in [2.05, 4.69) is 47.7 Å². The van der Waals surface area contributed by atoms with Crippen molar-refractivity contribution in [1.82, 2.24) is 24.9 Å². The first kappa shape index (κ1) is 17.2. The van der Waals surface area contributed by atoms with Crippen LogP contribution in [-0.2, 0) is 6.54 Å². The third kappa shape index (κ3) is 3.50. The van der Waals surface area contributed by atoms with Crippen LogP contribution in [0.25, 0.3) is 21.9 Å². The molecular weight excluding hydrogens is 362 g/mol. The Morgan fingerprint density at radius 1 is 0.931 bits per heavy atom. The first-order chi connectivity index (χ1) is 14.1. The average Bonchev–Trinajstić information content (AvgIpc) is 3.31. The minimum Gasteiger partial charge on any atom is -0.366 e. The van der Waals surface area contributed by atoms with Crippen molar-refractivity contribution in [1.29, 1.82) is 0 Å².